The van der Waals surface area contributed by atoms with Gasteiger partial charge in [-0.1, -0.05) is 11.6 Å². The number of aryl methyl sites for hydroxylation is 1. The SMILES string of the molecule is COC(=O)C1CCCN(C(=O)Nc2noc3c2CCCCC3)C1. The van der Waals surface area contributed by atoms with E-state index in [0.717, 1.165) is 49.8 Å². The number of rotatable bonds is 2. The molecule has 2 amide bonds. The number of nitrogens with zero attached hydrogens (tertiary/aromatic N) is 2. The molecular formula is C16H23N3O4. The number of aromatic nitrogens is 1. The molecule has 2 aliphatic rings. The van der Waals surface area contributed by atoms with E-state index in [4.69, 9.17) is 9.26 Å². The highest BCUT2D eigenvalue weighted by atomic mass is 16.5. The van der Waals surface area contributed by atoms with Crippen molar-refractivity contribution in [2.45, 2.75) is 44.9 Å². The highest BCUT2D eigenvalue weighted by Crippen LogP contribution is 2.27. The lowest BCUT2D eigenvalue weighted by atomic mass is 9.98. The van der Waals surface area contributed by atoms with E-state index in [1.54, 1.807) is 4.90 Å². The maximum Gasteiger partial charge on any atom is 0.323 e. The number of nitrogens with one attached hydrogen (secondary N) is 1. The number of anilines is 1. The number of urea groups is 1. The van der Waals surface area contributed by atoms with Crippen molar-refractivity contribution >= 4 is 17.8 Å². The Kier molecular flexibility index (Phi) is 4.83. The van der Waals surface area contributed by atoms with Crippen molar-refractivity contribution in [3.63, 3.8) is 0 Å². The van der Waals surface area contributed by atoms with Gasteiger partial charge < -0.3 is 14.2 Å². The van der Waals surface area contributed by atoms with Crippen LogP contribution in [0.15, 0.2) is 4.52 Å². The number of esters is 1. The lowest BCUT2D eigenvalue weighted by molar-refractivity contribution is -0.146. The van der Waals surface area contributed by atoms with Gasteiger partial charge in [0.25, 0.3) is 0 Å². The zero-order valence-corrected chi connectivity index (χ0v) is 13.5. The van der Waals surface area contributed by atoms with Gasteiger partial charge in [0.1, 0.15) is 5.76 Å². The Balaban J connectivity index is 1.65. The van der Waals surface area contributed by atoms with E-state index in [2.05, 4.69) is 10.5 Å². The van der Waals surface area contributed by atoms with E-state index in [9.17, 15) is 9.59 Å². The smallest absolute Gasteiger partial charge is 0.323 e. The van der Waals surface area contributed by atoms with Gasteiger partial charge in [-0.05, 0) is 32.1 Å². The van der Waals surface area contributed by atoms with Crippen LogP contribution in [0.25, 0.3) is 0 Å². The second-order valence-electron chi connectivity index (χ2n) is 6.23. The van der Waals surface area contributed by atoms with E-state index < -0.39 is 0 Å². The quantitative estimate of drug-likeness (QED) is 0.667. The minimum Gasteiger partial charge on any atom is -0.469 e. The Morgan fingerprint density at radius 3 is 2.91 bits per heavy atom. The predicted octanol–water partition coefficient (Wildman–Crippen LogP) is 2.36. The Hall–Kier alpha value is -2.05. The molecule has 23 heavy (non-hydrogen) atoms. The van der Waals surface area contributed by atoms with Gasteiger partial charge in [0.15, 0.2) is 5.82 Å². The third-order valence-corrected chi connectivity index (χ3v) is 4.67. The molecule has 0 bridgehead atoms. The van der Waals surface area contributed by atoms with E-state index in [1.807, 2.05) is 0 Å². The summed E-state index contributed by atoms with van der Waals surface area (Å²) in [6.07, 6.45) is 6.68. The van der Waals surface area contributed by atoms with Crippen LogP contribution in [0.2, 0.25) is 0 Å². The summed E-state index contributed by atoms with van der Waals surface area (Å²) in [5.41, 5.74) is 1.03. The van der Waals surface area contributed by atoms with E-state index in [-0.39, 0.29) is 17.9 Å². The number of fused-ring (bicyclic) bond motifs is 1. The molecule has 1 saturated heterocycles. The van der Waals surface area contributed by atoms with Crippen molar-refractivity contribution in [2.75, 3.05) is 25.5 Å². The fraction of sp³-hybridized carbons (Fsp3) is 0.688. The summed E-state index contributed by atoms with van der Waals surface area (Å²) in [6.45, 7) is 1.03. The van der Waals surface area contributed by atoms with E-state index in [0.29, 0.717) is 18.9 Å². The number of amides is 2. The fourth-order valence-corrected chi connectivity index (χ4v) is 3.36. The van der Waals surface area contributed by atoms with Crippen molar-refractivity contribution in [1.29, 1.82) is 0 Å². The number of likely N-dealkylation sites (tertiary alicyclic amines) is 1. The number of ether oxygens (including phenoxy) is 1. The first-order chi connectivity index (χ1) is 11.2. The maximum absolute atomic E-state index is 12.5. The lowest BCUT2D eigenvalue weighted by Crippen LogP contribution is -2.44. The first kappa shape index (κ1) is 15.8. The van der Waals surface area contributed by atoms with Gasteiger partial charge in [-0.3, -0.25) is 10.1 Å². The first-order valence-electron chi connectivity index (χ1n) is 8.30. The zero-order valence-electron chi connectivity index (χ0n) is 13.5. The van der Waals surface area contributed by atoms with Crippen LogP contribution >= 0.6 is 0 Å². The minimum absolute atomic E-state index is 0.223. The molecule has 1 aromatic heterocycles. The summed E-state index contributed by atoms with van der Waals surface area (Å²) < 4.78 is 10.2. The molecule has 0 saturated carbocycles. The van der Waals surface area contributed by atoms with Gasteiger partial charge >= 0.3 is 12.0 Å². The summed E-state index contributed by atoms with van der Waals surface area (Å²) in [5.74, 6) is 0.933. The number of piperidine rings is 1. The average Bonchev–Trinajstić information content (AvgIpc) is 2.81. The molecule has 1 unspecified atom stereocenters. The molecule has 126 valence electrons. The molecule has 7 nitrogen and oxygen atoms in total. The number of carbonyl (C=O) groups is 2. The van der Waals surface area contributed by atoms with Crippen LogP contribution in [-0.2, 0) is 22.4 Å². The van der Waals surface area contributed by atoms with E-state index >= 15 is 0 Å². The van der Waals surface area contributed by atoms with Gasteiger partial charge in [0.05, 0.1) is 13.0 Å². The molecule has 7 heteroatoms. The van der Waals surface area contributed by atoms with Crippen LogP contribution in [0, 0.1) is 5.92 Å². The summed E-state index contributed by atoms with van der Waals surface area (Å²) in [6, 6.07) is -0.223. The van der Waals surface area contributed by atoms with Crippen molar-refractivity contribution in [1.82, 2.24) is 10.1 Å². The van der Waals surface area contributed by atoms with Crippen LogP contribution in [-0.4, -0.2) is 42.3 Å². The van der Waals surface area contributed by atoms with Gasteiger partial charge in [0.2, 0.25) is 0 Å². The molecule has 2 heterocycles. The largest absolute Gasteiger partial charge is 0.469 e. The van der Waals surface area contributed by atoms with Crippen LogP contribution < -0.4 is 5.32 Å². The number of methoxy groups -OCH3 is 1. The average molecular weight is 321 g/mol. The third kappa shape index (κ3) is 3.48. The number of carbonyl (C=O) groups excluding carboxylic acids is 2. The Morgan fingerprint density at radius 2 is 2.09 bits per heavy atom. The predicted molar refractivity (Wildman–Crippen MR) is 83.1 cm³/mol. The Labute approximate surface area is 135 Å². The highest BCUT2D eigenvalue weighted by Gasteiger charge is 2.30. The molecule has 1 fully saturated rings. The monoisotopic (exact) mass is 321 g/mol. The van der Waals surface area contributed by atoms with Crippen LogP contribution in [0.3, 0.4) is 0 Å². The summed E-state index contributed by atoms with van der Waals surface area (Å²) >= 11 is 0. The molecule has 1 N–H and O–H groups in total. The van der Waals surface area contributed by atoms with Crippen LogP contribution in [0.5, 0.6) is 0 Å². The summed E-state index contributed by atoms with van der Waals surface area (Å²) in [7, 11) is 1.38. The van der Waals surface area contributed by atoms with Crippen molar-refractivity contribution < 1.29 is 18.8 Å². The van der Waals surface area contributed by atoms with Crippen molar-refractivity contribution in [2.24, 2.45) is 5.92 Å². The number of hydrogen-bond acceptors (Lipinski definition) is 5. The fourth-order valence-electron chi connectivity index (χ4n) is 3.36. The first-order valence-corrected chi connectivity index (χ1v) is 8.30. The third-order valence-electron chi connectivity index (χ3n) is 4.67. The van der Waals surface area contributed by atoms with Crippen LogP contribution in [0.4, 0.5) is 10.6 Å². The Bertz CT molecular complexity index is 584. The molecule has 0 spiro atoms. The van der Waals surface area contributed by atoms with E-state index in [1.165, 1.54) is 13.5 Å². The second kappa shape index (κ2) is 7.02. The maximum atomic E-state index is 12.5. The number of hydrogen-bond donors (Lipinski definition) is 1. The van der Waals surface area contributed by atoms with Gasteiger partial charge in [-0.2, -0.15) is 0 Å². The molecule has 0 aromatic carbocycles. The zero-order chi connectivity index (χ0) is 16.2. The van der Waals surface area contributed by atoms with Gasteiger partial charge in [-0.25, -0.2) is 4.79 Å². The van der Waals surface area contributed by atoms with Gasteiger partial charge in [0, 0.05) is 25.1 Å². The molecule has 3 rings (SSSR count). The Morgan fingerprint density at radius 1 is 1.26 bits per heavy atom. The minimum atomic E-state index is -0.252. The lowest BCUT2D eigenvalue weighted by Gasteiger charge is -2.31. The molecule has 1 aliphatic heterocycles. The summed E-state index contributed by atoms with van der Waals surface area (Å²) in [4.78, 5) is 25.8. The standard InChI is InChI=1S/C16H23N3O4/c1-22-15(20)11-6-5-9-19(10-11)16(21)17-14-12-7-3-2-4-8-13(12)23-18-14/h11H,2-10H2,1H3,(H,17,18,21). The van der Waals surface area contributed by atoms with Crippen molar-refractivity contribution in [3.05, 3.63) is 11.3 Å². The normalized spacial score (nSPS) is 21.3. The molecule has 1 atom stereocenters. The second-order valence-corrected chi connectivity index (χ2v) is 6.23. The molecule has 0 radical (unpaired) electrons. The van der Waals surface area contributed by atoms with Crippen molar-refractivity contribution in [3.8, 4) is 0 Å². The molecule has 1 aromatic rings. The molecular weight excluding hydrogens is 298 g/mol. The topological polar surface area (TPSA) is 84.7 Å². The summed E-state index contributed by atoms with van der Waals surface area (Å²) in [5, 5.41) is 6.87. The van der Waals surface area contributed by atoms with Gasteiger partial charge in [-0.15, -0.1) is 0 Å². The molecule has 1 aliphatic carbocycles. The highest BCUT2D eigenvalue weighted by molar-refractivity contribution is 5.89. The van der Waals surface area contributed by atoms with Crippen LogP contribution in [0.1, 0.15) is 43.4 Å².